The number of unbranched alkanes of at least 4 members (excludes halogenated alkanes) is 2. The maximum absolute atomic E-state index is 12.6. The molecule has 154 valence electrons. The number of nitrogens with one attached hydrogen (secondary N) is 1. The van der Waals surface area contributed by atoms with Crippen molar-refractivity contribution >= 4 is 22.6 Å². The van der Waals surface area contributed by atoms with Gasteiger partial charge in [-0.25, -0.2) is 0 Å². The Morgan fingerprint density at radius 2 is 1.62 bits per heavy atom. The van der Waals surface area contributed by atoms with E-state index in [2.05, 4.69) is 17.4 Å². The summed E-state index contributed by atoms with van der Waals surface area (Å²) >= 11 is 0. The van der Waals surface area contributed by atoms with Crippen LogP contribution in [0.25, 0.3) is 0 Å². The van der Waals surface area contributed by atoms with Gasteiger partial charge in [0.25, 0.3) is 0 Å². The summed E-state index contributed by atoms with van der Waals surface area (Å²) in [6.45, 7) is 0.599. The zero-order chi connectivity index (χ0) is 20.5. The number of benzene rings is 2. The molecule has 29 heavy (non-hydrogen) atoms. The van der Waals surface area contributed by atoms with E-state index in [4.69, 9.17) is 0 Å². The summed E-state index contributed by atoms with van der Waals surface area (Å²) in [7, 11) is -1.20. The Morgan fingerprint density at radius 1 is 0.966 bits per heavy atom. The summed E-state index contributed by atoms with van der Waals surface area (Å²) in [5.41, 5.74) is 2.31. The van der Waals surface area contributed by atoms with Crippen LogP contribution in [0.2, 0.25) is 0 Å². The number of carbonyl (C=O) groups excluding carboxylic acids is 2. The molecule has 0 aliphatic carbocycles. The summed E-state index contributed by atoms with van der Waals surface area (Å²) < 4.78 is 12.6. The topological polar surface area (TPSA) is 66.5 Å². The van der Waals surface area contributed by atoms with Crippen LogP contribution in [0.1, 0.15) is 36.8 Å². The Balaban J connectivity index is 1.32. The molecule has 3 rings (SSSR count). The fourth-order valence-electron chi connectivity index (χ4n) is 3.40. The Morgan fingerprint density at radius 3 is 2.28 bits per heavy atom. The first kappa shape index (κ1) is 21.2. The average molecular weight is 413 g/mol. The van der Waals surface area contributed by atoms with Crippen molar-refractivity contribution in [3.05, 3.63) is 71.8 Å². The van der Waals surface area contributed by atoms with Crippen LogP contribution in [-0.4, -0.2) is 39.4 Å². The standard InChI is InChI=1S/C23H28N2O3S/c26-21(24-15-9-3-8-12-19-10-4-1-5-11-19)17-25-22(27)16-23(25)29(28)18-20-13-6-2-7-14-20/h1-2,4-7,10-11,13-14,23H,3,8-9,12,15-18H2,(H,24,26). The number of hydrogen-bond donors (Lipinski definition) is 1. The molecule has 2 aromatic carbocycles. The highest BCUT2D eigenvalue weighted by atomic mass is 32.2. The lowest BCUT2D eigenvalue weighted by Crippen LogP contribution is -2.57. The number of aryl methyl sites for hydroxylation is 1. The predicted molar refractivity (Wildman–Crippen MR) is 115 cm³/mol. The van der Waals surface area contributed by atoms with Crippen molar-refractivity contribution < 1.29 is 13.8 Å². The molecule has 2 amide bonds. The van der Waals surface area contributed by atoms with Crippen LogP contribution in [0.4, 0.5) is 0 Å². The van der Waals surface area contributed by atoms with Gasteiger partial charge < -0.3 is 10.2 Å². The molecule has 1 fully saturated rings. The van der Waals surface area contributed by atoms with Gasteiger partial charge >= 0.3 is 0 Å². The maximum Gasteiger partial charge on any atom is 0.239 e. The Bertz CT molecular complexity index is 827. The van der Waals surface area contributed by atoms with Crippen LogP contribution in [0.3, 0.4) is 0 Å². The van der Waals surface area contributed by atoms with E-state index >= 15 is 0 Å². The minimum atomic E-state index is -1.20. The lowest BCUT2D eigenvalue weighted by Gasteiger charge is -2.39. The fourth-order valence-corrected chi connectivity index (χ4v) is 4.92. The average Bonchev–Trinajstić information content (AvgIpc) is 2.74. The van der Waals surface area contributed by atoms with Gasteiger partial charge in [-0.05, 0) is 30.4 Å². The minimum Gasteiger partial charge on any atom is -0.355 e. The summed E-state index contributed by atoms with van der Waals surface area (Å²) in [5, 5.41) is 2.52. The van der Waals surface area contributed by atoms with E-state index in [1.807, 2.05) is 48.5 Å². The molecule has 2 unspecified atom stereocenters. The van der Waals surface area contributed by atoms with Gasteiger partial charge in [0.15, 0.2) is 0 Å². The number of carbonyl (C=O) groups is 2. The van der Waals surface area contributed by atoms with Crippen molar-refractivity contribution in [2.45, 2.75) is 43.2 Å². The zero-order valence-electron chi connectivity index (χ0n) is 16.6. The molecule has 2 atom stereocenters. The summed E-state index contributed by atoms with van der Waals surface area (Å²) in [6.07, 6.45) is 4.35. The van der Waals surface area contributed by atoms with Gasteiger partial charge in [-0.1, -0.05) is 67.1 Å². The second-order valence-corrected chi connectivity index (χ2v) is 8.93. The third-order valence-corrected chi connectivity index (χ3v) is 6.74. The second kappa shape index (κ2) is 10.9. The number of hydrogen-bond acceptors (Lipinski definition) is 3. The normalized spacial score (nSPS) is 16.9. The van der Waals surface area contributed by atoms with Crippen molar-refractivity contribution in [3.63, 3.8) is 0 Å². The van der Waals surface area contributed by atoms with E-state index in [0.717, 1.165) is 31.2 Å². The van der Waals surface area contributed by atoms with Gasteiger partial charge in [-0.2, -0.15) is 0 Å². The van der Waals surface area contributed by atoms with Crippen molar-refractivity contribution in [2.24, 2.45) is 0 Å². The molecule has 0 bridgehead atoms. The quantitative estimate of drug-likeness (QED) is 0.456. The van der Waals surface area contributed by atoms with Gasteiger partial charge in [0.2, 0.25) is 11.8 Å². The van der Waals surface area contributed by atoms with E-state index in [1.165, 1.54) is 10.5 Å². The van der Waals surface area contributed by atoms with Crippen molar-refractivity contribution in [1.82, 2.24) is 10.2 Å². The van der Waals surface area contributed by atoms with Gasteiger partial charge in [-0.3, -0.25) is 13.8 Å². The van der Waals surface area contributed by atoms with Crippen LogP contribution >= 0.6 is 0 Å². The molecule has 1 saturated heterocycles. The van der Waals surface area contributed by atoms with Crippen molar-refractivity contribution in [2.75, 3.05) is 13.1 Å². The molecular formula is C23H28N2O3S. The molecule has 2 aromatic rings. The highest BCUT2D eigenvalue weighted by Gasteiger charge is 2.40. The first-order chi connectivity index (χ1) is 14.1. The van der Waals surface area contributed by atoms with E-state index in [9.17, 15) is 13.8 Å². The second-order valence-electron chi connectivity index (χ2n) is 7.34. The van der Waals surface area contributed by atoms with Crippen LogP contribution in [0, 0.1) is 0 Å². The van der Waals surface area contributed by atoms with Crippen LogP contribution in [-0.2, 0) is 32.6 Å². The molecule has 0 aromatic heterocycles. The molecule has 6 heteroatoms. The summed E-state index contributed by atoms with van der Waals surface area (Å²) in [6, 6.07) is 19.9. The van der Waals surface area contributed by atoms with Gasteiger partial charge in [0.05, 0.1) is 12.2 Å². The van der Waals surface area contributed by atoms with Gasteiger partial charge in [0.1, 0.15) is 11.9 Å². The summed E-state index contributed by atoms with van der Waals surface area (Å²) in [5.74, 6) is 0.121. The third kappa shape index (κ3) is 6.53. The Hall–Kier alpha value is -2.47. The van der Waals surface area contributed by atoms with Gasteiger partial charge in [0, 0.05) is 17.3 Å². The van der Waals surface area contributed by atoms with E-state index in [-0.39, 0.29) is 30.2 Å². The number of nitrogens with zero attached hydrogens (tertiary/aromatic N) is 1. The molecule has 1 heterocycles. The van der Waals surface area contributed by atoms with E-state index in [1.54, 1.807) is 0 Å². The fraction of sp³-hybridized carbons (Fsp3) is 0.391. The first-order valence-corrected chi connectivity index (χ1v) is 11.5. The number of likely N-dealkylation sites (tertiary alicyclic amines) is 1. The van der Waals surface area contributed by atoms with E-state index in [0.29, 0.717) is 12.3 Å². The van der Waals surface area contributed by atoms with Gasteiger partial charge in [-0.15, -0.1) is 0 Å². The van der Waals surface area contributed by atoms with E-state index < -0.39 is 10.8 Å². The first-order valence-electron chi connectivity index (χ1n) is 10.1. The Labute approximate surface area is 175 Å². The monoisotopic (exact) mass is 412 g/mol. The maximum atomic E-state index is 12.6. The predicted octanol–water partition coefficient (Wildman–Crippen LogP) is 3.02. The molecule has 0 saturated carbocycles. The number of amides is 2. The summed E-state index contributed by atoms with van der Waals surface area (Å²) in [4.78, 5) is 25.5. The Kier molecular flexibility index (Phi) is 7.99. The minimum absolute atomic E-state index is 0.00591. The molecule has 0 radical (unpaired) electrons. The van der Waals surface area contributed by atoms with Crippen molar-refractivity contribution in [3.8, 4) is 0 Å². The number of rotatable bonds is 11. The molecular weight excluding hydrogens is 384 g/mol. The molecule has 1 N–H and O–H groups in total. The largest absolute Gasteiger partial charge is 0.355 e. The number of β-lactam (4-membered cyclic amide) rings is 1. The van der Waals surface area contributed by atoms with Crippen LogP contribution in [0.15, 0.2) is 60.7 Å². The SMILES string of the molecule is O=C(CN1C(=O)CC1S(=O)Cc1ccccc1)NCCCCCc1ccccc1. The zero-order valence-corrected chi connectivity index (χ0v) is 17.4. The molecule has 1 aliphatic rings. The van der Waals surface area contributed by atoms with Crippen LogP contribution in [0.5, 0.6) is 0 Å². The van der Waals surface area contributed by atoms with Crippen LogP contribution < -0.4 is 5.32 Å². The third-order valence-electron chi connectivity index (χ3n) is 5.09. The lowest BCUT2D eigenvalue weighted by atomic mass is 10.1. The van der Waals surface area contributed by atoms with Crippen molar-refractivity contribution in [1.29, 1.82) is 0 Å². The highest BCUT2D eigenvalue weighted by molar-refractivity contribution is 7.85. The molecule has 0 spiro atoms. The molecule has 5 nitrogen and oxygen atoms in total. The molecule has 1 aliphatic heterocycles. The lowest BCUT2D eigenvalue weighted by molar-refractivity contribution is -0.145. The smallest absolute Gasteiger partial charge is 0.239 e. The highest BCUT2D eigenvalue weighted by Crippen LogP contribution is 2.24.